The minimum absolute atomic E-state index is 0.410. The lowest BCUT2D eigenvalue weighted by molar-refractivity contribution is 0.603. The van der Waals surface area contributed by atoms with E-state index in [2.05, 4.69) is 76.4 Å². The van der Waals surface area contributed by atoms with Crippen molar-refractivity contribution in [1.82, 2.24) is 9.13 Å². The number of hydrogen-bond acceptors (Lipinski definition) is 0. The van der Waals surface area contributed by atoms with Gasteiger partial charge in [0.25, 0.3) is 0 Å². The second-order valence-corrected chi connectivity index (χ2v) is 3.99. The van der Waals surface area contributed by atoms with Gasteiger partial charge in [-0.05, 0) is 36.8 Å². The van der Waals surface area contributed by atoms with Gasteiger partial charge in [0.15, 0.2) is 0 Å². The Morgan fingerprint density at radius 3 is 2.38 bits per heavy atom. The molecule has 0 amide bonds. The van der Waals surface area contributed by atoms with Crippen LogP contribution in [0.2, 0.25) is 0 Å². The third kappa shape index (κ3) is 1.52. The number of allylic oxidation sites excluding steroid dienone is 4. The van der Waals surface area contributed by atoms with Gasteiger partial charge in [-0.2, -0.15) is 0 Å². The highest BCUT2D eigenvalue weighted by atomic mass is 15.1. The van der Waals surface area contributed by atoms with Crippen molar-refractivity contribution in [3.05, 3.63) is 67.3 Å². The Bertz CT molecular complexity index is 501. The summed E-state index contributed by atoms with van der Waals surface area (Å²) in [7, 11) is 0. The maximum atomic E-state index is 2.26. The van der Waals surface area contributed by atoms with Crippen LogP contribution in [0.3, 0.4) is 0 Å². The normalized spacial score (nSPS) is 19.8. The molecule has 2 heteroatoms. The van der Waals surface area contributed by atoms with E-state index < -0.39 is 0 Å². The molecule has 0 N–H and O–H groups in total. The summed E-state index contributed by atoms with van der Waals surface area (Å²) in [5, 5.41) is 0. The molecule has 1 unspecified atom stereocenters. The average Bonchev–Trinajstić information content (AvgIpc) is 3.03. The fraction of sp³-hybridized carbons (Fsp3) is 0.143. The van der Waals surface area contributed by atoms with Crippen molar-refractivity contribution in [1.29, 1.82) is 0 Å². The third-order valence-electron chi connectivity index (χ3n) is 2.99. The first-order chi connectivity index (χ1) is 7.95. The molecule has 1 atom stereocenters. The zero-order valence-corrected chi connectivity index (χ0v) is 9.03. The van der Waals surface area contributed by atoms with Gasteiger partial charge >= 0.3 is 0 Å². The van der Waals surface area contributed by atoms with Crippen LogP contribution in [0.1, 0.15) is 12.5 Å². The summed E-state index contributed by atoms with van der Waals surface area (Å²) in [4.78, 5) is 0. The molecule has 0 saturated carbocycles. The molecule has 0 bridgehead atoms. The van der Waals surface area contributed by atoms with Gasteiger partial charge in [0.05, 0.1) is 6.04 Å². The quantitative estimate of drug-likeness (QED) is 0.719. The minimum Gasteiger partial charge on any atom is -0.345 e. The molecular formula is C14H14N2. The summed E-state index contributed by atoms with van der Waals surface area (Å²) in [6.45, 7) is 0. The van der Waals surface area contributed by atoms with E-state index in [4.69, 9.17) is 0 Å². The van der Waals surface area contributed by atoms with Crippen molar-refractivity contribution in [2.24, 2.45) is 0 Å². The lowest BCUT2D eigenvalue weighted by atomic mass is 10.0. The molecule has 0 aliphatic heterocycles. The predicted molar refractivity (Wildman–Crippen MR) is 65.9 cm³/mol. The van der Waals surface area contributed by atoms with E-state index in [0.717, 1.165) is 6.42 Å². The molecule has 0 radical (unpaired) electrons. The Hall–Kier alpha value is -1.96. The molecule has 1 aliphatic carbocycles. The minimum atomic E-state index is 0.410. The number of rotatable bonds is 2. The largest absolute Gasteiger partial charge is 0.345 e. The van der Waals surface area contributed by atoms with Crippen LogP contribution in [0.4, 0.5) is 0 Å². The molecular weight excluding hydrogens is 196 g/mol. The highest BCUT2D eigenvalue weighted by Gasteiger charge is 2.16. The van der Waals surface area contributed by atoms with Crippen molar-refractivity contribution in [3.63, 3.8) is 0 Å². The maximum absolute atomic E-state index is 2.26. The number of aromatic nitrogens is 2. The van der Waals surface area contributed by atoms with Gasteiger partial charge in [0, 0.05) is 30.5 Å². The Labute approximate surface area is 95.1 Å². The zero-order chi connectivity index (χ0) is 10.8. The van der Waals surface area contributed by atoms with Gasteiger partial charge in [0.1, 0.15) is 0 Å². The smallest absolute Gasteiger partial charge is 0.0768 e. The Balaban J connectivity index is 2.01. The summed E-state index contributed by atoms with van der Waals surface area (Å²) in [6, 6.07) is 8.68. The highest BCUT2D eigenvalue weighted by molar-refractivity contribution is 5.55. The topological polar surface area (TPSA) is 9.86 Å². The lowest BCUT2D eigenvalue weighted by Gasteiger charge is -2.24. The SMILES string of the molecule is C1=CCC(n2cccc2)C(n2cccc2)=C1. The van der Waals surface area contributed by atoms with Gasteiger partial charge in [-0.15, -0.1) is 0 Å². The molecule has 0 spiro atoms. The van der Waals surface area contributed by atoms with Crippen molar-refractivity contribution >= 4 is 5.70 Å². The second-order valence-electron chi connectivity index (χ2n) is 3.99. The Morgan fingerprint density at radius 1 is 0.938 bits per heavy atom. The fourth-order valence-corrected chi connectivity index (χ4v) is 2.20. The molecule has 2 heterocycles. The van der Waals surface area contributed by atoms with Crippen LogP contribution in [0.5, 0.6) is 0 Å². The molecule has 2 nitrogen and oxygen atoms in total. The summed E-state index contributed by atoms with van der Waals surface area (Å²) in [5.41, 5.74) is 1.32. The van der Waals surface area contributed by atoms with Crippen LogP contribution in [-0.2, 0) is 0 Å². The predicted octanol–water partition coefficient (Wildman–Crippen LogP) is 3.33. The van der Waals surface area contributed by atoms with Crippen LogP contribution in [0.25, 0.3) is 5.70 Å². The average molecular weight is 210 g/mol. The molecule has 0 fully saturated rings. The van der Waals surface area contributed by atoms with E-state index in [1.807, 2.05) is 0 Å². The number of hydrogen-bond donors (Lipinski definition) is 0. The van der Waals surface area contributed by atoms with Gasteiger partial charge in [0.2, 0.25) is 0 Å². The second kappa shape index (κ2) is 3.89. The van der Waals surface area contributed by atoms with E-state index in [9.17, 15) is 0 Å². The van der Waals surface area contributed by atoms with Gasteiger partial charge in [-0.25, -0.2) is 0 Å². The molecule has 2 aromatic rings. The van der Waals surface area contributed by atoms with Crippen molar-refractivity contribution < 1.29 is 0 Å². The third-order valence-corrected chi connectivity index (χ3v) is 2.99. The first-order valence-electron chi connectivity index (χ1n) is 5.58. The highest BCUT2D eigenvalue weighted by Crippen LogP contribution is 2.29. The van der Waals surface area contributed by atoms with Gasteiger partial charge in [-0.3, -0.25) is 0 Å². The first-order valence-corrected chi connectivity index (χ1v) is 5.58. The van der Waals surface area contributed by atoms with E-state index in [1.54, 1.807) is 0 Å². The van der Waals surface area contributed by atoms with Crippen molar-refractivity contribution in [3.8, 4) is 0 Å². The van der Waals surface area contributed by atoms with Crippen molar-refractivity contribution in [2.45, 2.75) is 12.5 Å². The molecule has 3 rings (SSSR count). The van der Waals surface area contributed by atoms with Gasteiger partial charge < -0.3 is 9.13 Å². The number of nitrogens with zero attached hydrogens (tertiary/aromatic N) is 2. The van der Waals surface area contributed by atoms with Crippen LogP contribution < -0.4 is 0 Å². The van der Waals surface area contributed by atoms with Crippen LogP contribution in [0, 0.1) is 0 Å². The summed E-state index contributed by atoms with van der Waals surface area (Å²) in [5.74, 6) is 0. The summed E-state index contributed by atoms with van der Waals surface area (Å²) < 4.78 is 4.45. The first kappa shape index (κ1) is 9.28. The van der Waals surface area contributed by atoms with Crippen LogP contribution in [-0.4, -0.2) is 9.13 Å². The molecule has 80 valence electrons. The molecule has 0 aromatic carbocycles. The van der Waals surface area contributed by atoms with E-state index >= 15 is 0 Å². The van der Waals surface area contributed by atoms with E-state index in [-0.39, 0.29) is 0 Å². The summed E-state index contributed by atoms with van der Waals surface area (Å²) in [6.07, 6.45) is 16.0. The molecule has 0 saturated heterocycles. The van der Waals surface area contributed by atoms with Gasteiger partial charge in [-0.1, -0.05) is 12.2 Å². The zero-order valence-electron chi connectivity index (χ0n) is 9.03. The monoisotopic (exact) mass is 210 g/mol. The maximum Gasteiger partial charge on any atom is 0.0768 e. The molecule has 2 aromatic heterocycles. The lowest BCUT2D eigenvalue weighted by Crippen LogP contribution is -2.13. The van der Waals surface area contributed by atoms with E-state index in [1.165, 1.54) is 5.70 Å². The molecule has 16 heavy (non-hydrogen) atoms. The van der Waals surface area contributed by atoms with E-state index in [0.29, 0.717) is 6.04 Å². The van der Waals surface area contributed by atoms with Crippen molar-refractivity contribution in [2.75, 3.05) is 0 Å². The standard InChI is InChI=1S/C14H14N2/c1-2-8-14(16-11-5-6-12-16)13(7-1)15-9-3-4-10-15/h1-7,9-12,14H,8H2. The Kier molecular flexibility index (Phi) is 2.26. The summed E-state index contributed by atoms with van der Waals surface area (Å²) >= 11 is 0. The van der Waals surface area contributed by atoms with Crippen LogP contribution >= 0.6 is 0 Å². The molecule has 1 aliphatic rings. The Morgan fingerprint density at radius 2 is 1.62 bits per heavy atom. The van der Waals surface area contributed by atoms with Crippen LogP contribution in [0.15, 0.2) is 67.3 Å². The fourth-order valence-electron chi connectivity index (χ4n) is 2.20.